The van der Waals surface area contributed by atoms with Gasteiger partial charge in [0.2, 0.25) is 0 Å². The van der Waals surface area contributed by atoms with Gasteiger partial charge in [0.15, 0.2) is 0 Å². The number of carbonyl (C=O) groups is 1. The predicted molar refractivity (Wildman–Crippen MR) is 321 cm³/mol. The molecule has 2 heterocycles. The molecule has 6 nitrogen and oxygen atoms in total. The molecule has 0 spiro atoms. The fourth-order valence-electron chi connectivity index (χ4n) is 14.1. The Kier molecular flexibility index (Phi) is 16.3. The van der Waals surface area contributed by atoms with Gasteiger partial charge in [0.05, 0.1) is 28.9 Å². The Hall–Kier alpha value is -5.83. The lowest BCUT2D eigenvalue weighted by Gasteiger charge is -2.18. The second-order valence-electron chi connectivity index (χ2n) is 22.4. The van der Waals surface area contributed by atoms with Gasteiger partial charge in [-0.25, -0.2) is 8.78 Å². The zero-order valence-corrected chi connectivity index (χ0v) is 49.3. The molecule has 16 rings (SSSR count). The summed E-state index contributed by atoms with van der Waals surface area (Å²) in [6.07, 6.45) is 13.0. The monoisotopic (exact) mass is 1190 g/mol. The summed E-state index contributed by atoms with van der Waals surface area (Å²) >= 11 is 21.3. The molecule has 11 atom stereocenters. The zero-order valence-electron chi connectivity index (χ0n) is 45.5. The molecule has 6 aromatic carbocycles. The smallest absolute Gasteiger partial charge is 0.282 e. The van der Waals surface area contributed by atoms with E-state index in [1.165, 1.54) is 58.6 Å². The van der Waals surface area contributed by atoms with Gasteiger partial charge in [-0.05, 0) is 172 Å². The standard InChI is InChI=1S/C18H15Cl2F2N3O.2C12H12O.C12H12.C7H6BrCl.C7H6/c1-25-7-11(15(24-25)17(21)22)18(26)23-12-4-2-3-8-9-5-6-10(13(8)12)14(9)16(19)20;1-6-3-2-4-7-8-5-9(10(6)7)12-11(8)13-12;1-7-3-2-4-8-9-5-6-10(11(7)8)12(9)13;1-8-3-2-4-11-9-5-6-10(7-9)12(8)11;1-5-3-2-4-6(8)7(5)9;1-7-5-3-2-4-6-7/h2-4,7,9-10,17H,5-6H2,1H3,(H,23,26);2-4,8-9,11-12H,5H2,1H3;2-6,9-10,12-13H,1H3;2-6,9-10H,7H2,1H3;2-4H,1H3;2-3,5H,1H3. The zero-order chi connectivity index (χ0) is 56.3. The van der Waals surface area contributed by atoms with Crippen molar-refractivity contribution in [2.45, 2.75) is 132 Å². The van der Waals surface area contributed by atoms with Crippen molar-refractivity contribution in [2.75, 3.05) is 5.32 Å². The molecule has 9 aliphatic rings. The first-order valence-electron chi connectivity index (χ1n) is 27.5. The molecule has 8 bridgehead atoms. The van der Waals surface area contributed by atoms with Crippen LogP contribution in [0.2, 0.25) is 5.02 Å². The van der Waals surface area contributed by atoms with E-state index in [0.717, 1.165) is 73.8 Å². The summed E-state index contributed by atoms with van der Waals surface area (Å²) in [5, 5.41) is 17.2. The number of ether oxygens (including phenoxy) is 1. The van der Waals surface area contributed by atoms with Crippen LogP contribution in [0.4, 0.5) is 14.5 Å². The molecule has 410 valence electrons. The van der Waals surface area contributed by atoms with Gasteiger partial charge in [0, 0.05) is 70.7 Å². The maximum absolute atomic E-state index is 13.1. The van der Waals surface area contributed by atoms with E-state index in [1.807, 2.05) is 62.4 Å². The van der Waals surface area contributed by atoms with Gasteiger partial charge >= 0.3 is 0 Å². The number of anilines is 1. The van der Waals surface area contributed by atoms with E-state index in [1.54, 1.807) is 28.3 Å². The van der Waals surface area contributed by atoms with Crippen LogP contribution in [-0.2, 0) is 11.8 Å². The number of hydrogen-bond acceptors (Lipinski definition) is 4. The highest BCUT2D eigenvalue weighted by atomic mass is 79.9. The minimum absolute atomic E-state index is 0.0555. The van der Waals surface area contributed by atoms with E-state index in [2.05, 4.69) is 138 Å². The number of epoxide rings is 1. The second kappa shape index (κ2) is 23.2. The van der Waals surface area contributed by atoms with Crippen molar-refractivity contribution in [1.82, 2.24) is 9.78 Å². The number of allylic oxidation sites excluding steroid dienone is 3. The lowest BCUT2D eigenvalue weighted by atomic mass is 9.89. The van der Waals surface area contributed by atoms with E-state index in [9.17, 15) is 18.7 Å². The van der Waals surface area contributed by atoms with Gasteiger partial charge in [-0.2, -0.15) is 5.10 Å². The molecule has 2 saturated carbocycles. The number of aliphatic hydroxyl groups is 1. The van der Waals surface area contributed by atoms with Crippen molar-refractivity contribution < 1.29 is 23.4 Å². The Balaban J connectivity index is 0.000000107. The van der Waals surface area contributed by atoms with Crippen molar-refractivity contribution in [1.29, 1.82) is 0 Å². The van der Waals surface area contributed by atoms with Crippen LogP contribution in [0.25, 0.3) is 0 Å². The first-order valence-corrected chi connectivity index (χ1v) is 29.5. The fraction of sp³-hybridized carbons (Fsp3) is 0.324. The summed E-state index contributed by atoms with van der Waals surface area (Å²) in [6.45, 7) is 10.6. The fourth-order valence-corrected chi connectivity index (χ4v) is 15.2. The molecule has 1 saturated heterocycles. The van der Waals surface area contributed by atoms with Gasteiger partial charge < -0.3 is 15.2 Å². The Bertz CT molecular complexity index is 3570. The molecule has 1 aromatic heterocycles. The number of amides is 1. The van der Waals surface area contributed by atoms with Gasteiger partial charge in [-0.3, -0.25) is 9.48 Å². The Morgan fingerprint density at radius 1 is 0.713 bits per heavy atom. The number of alkyl halides is 2. The molecule has 12 heteroatoms. The summed E-state index contributed by atoms with van der Waals surface area (Å²) in [5.41, 5.74) is 18.6. The van der Waals surface area contributed by atoms with Crippen LogP contribution in [0.3, 0.4) is 0 Å². The van der Waals surface area contributed by atoms with E-state index in [0.29, 0.717) is 17.9 Å². The summed E-state index contributed by atoms with van der Waals surface area (Å²) in [7, 11) is 1.50. The van der Waals surface area contributed by atoms with Crippen molar-refractivity contribution in [3.05, 3.63) is 255 Å². The number of hydrogen-bond donors (Lipinski definition) is 2. The second-order valence-corrected chi connectivity index (χ2v) is 24.6. The number of halogens is 6. The number of carbonyl (C=O) groups excluding carboxylic acids is 1. The summed E-state index contributed by atoms with van der Waals surface area (Å²) < 4.78 is 34.4. The number of aliphatic hydroxyl groups excluding tert-OH is 1. The van der Waals surface area contributed by atoms with Crippen LogP contribution >= 0.6 is 50.7 Å². The third-order valence-corrected chi connectivity index (χ3v) is 19.4. The average Bonchev–Trinajstić information content (AvgIpc) is 4.43. The lowest BCUT2D eigenvalue weighted by molar-refractivity contribution is 0.101. The number of aromatic nitrogens is 2. The highest BCUT2D eigenvalue weighted by Gasteiger charge is 2.62. The molecule has 80 heavy (non-hydrogen) atoms. The lowest BCUT2D eigenvalue weighted by Crippen LogP contribution is -2.16. The molecule has 8 aliphatic carbocycles. The topological polar surface area (TPSA) is 79.7 Å². The molecular formula is C68H63BrCl3F2N3O3. The Morgan fingerprint density at radius 3 is 1.99 bits per heavy atom. The van der Waals surface area contributed by atoms with Gasteiger partial charge in [-0.1, -0.05) is 162 Å². The van der Waals surface area contributed by atoms with Crippen LogP contribution in [0.15, 0.2) is 154 Å². The number of benzene rings is 5. The normalized spacial score (nSPS) is 25.4. The van der Waals surface area contributed by atoms with Crippen molar-refractivity contribution in [2.24, 2.45) is 7.05 Å². The summed E-state index contributed by atoms with van der Waals surface area (Å²) in [6, 6.07) is 42.8. The molecule has 11 unspecified atom stereocenters. The van der Waals surface area contributed by atoms with Crippen molar-refractivity contribution in [3.8, 4) is 0 Å². The van der Waals surface area contributed by atoms with E-state index in [4.69, 9.17) is 39.5 Å². The molecule has 0 radical (unpaired) electrons. The molecule has 2 N–H and O–H groups in total. The Labute approximate surface area is 492 Å². The first-order chi connectivity index (χ1) is 38.5. The van der Waals surface area contributed by atoms with Crippen molar-refractivity contribution in [3.63, 3.8) is 0 Å². The first kappa shape index (κ1) is 56.1. The van der Waals surface area contributed by atoms with Crippen LogP contribution < -0.4 is 5.32 Å². The number of nitrogens with one attached hydrogen (secondary N) is 1. The number of fused-ring (bicyclic) bond motifs is 23. The maximum atomic E-state index is 13.1. The van der Waals surface area contributed by atoms with Crippen LogP contribution in [0.1, 0.15) is 168 Å². The average molecular weight is 1190 g/mol. The third kappa shape index (κ3) is 10.7. The highest BCUT2D eigenvalue weighted by molar-refractivity contribution is 9.10. The van der Waals surface area contributed by atoms with Gasteiger partial charge in [-0.15, -0.1) is 0 Å². The minimum atomic E-state index is -2.82. The molecular weight excluding hydrogens is 1130 g/mol. The van der Waals surface area contributed by atoms with Crippen molar-refractivity contribution >= 4 is 62.3 Å². The molecule has 3 fully saturated rings. The van der Waals surface area contributed by atoms with E-state index < -0.39 is 18.0 Å². The quantitative estimate of drug-likeness (QED) is 0.136. The van der Waals surface area contributed by atoms with E-state index >= 15 is 0 Å². The molecule has 1 aliphatic heterocycles. The van der Waals surface area contributed by atoms with Gasteiger partial charge in [0.1, 0.15) is 10.2 Å². The maximum Gasteiger partial charge on any atom is 0.282 e. The summed E-state index contributed by atoms with van der Waals surface area (Å²) in [4.78, 5) is 12.6. The van der Waals surface area contributed by atoms with E-state index in [-0.39, 0.29) is 39.8 Å². The molecule has 1 amide bonds. The predicted octanol–water partition coefficient (Wildman–Crippen LogP) is 17.9. The minimum Gasteiger partial charge on any atom is -0.391 e. The number of nitrogens with zero attached hydrogens (tertiary/aromatic N) is 2. The van der Waals surface area contributed by atoms with Crippen LogP contribution in [-0.4, -0.2) is 39.1 Å². The summed E-state index contributed by atoms with van der Waals surface area (Å²) in [5.74, 6) is 3.10. The largest absolute Gasteiger partial charge is 0.391 e. The van der Waals surface area contributed by atoms with Crippen LogP contribution in [0.5, 0.6) is 0 Å². The Morgan fingerprint density at radius 2 is 1.34 bits per heavy atom. The molecule has 7 aromatic rings. The number of rotatable bonds is 3. The highest BCUT2D eigenvalue weighted by Crippen LogP contribution is 2.63. The van der Waals surface area contributed by atoms with Crippen LogP contribution in [0, 0.1) is 46.8 Å². The third-order valence-electron chi connectivity index (χ3n) is 17.6. The van der Waals surface area contributed by atoms with Gasteiger partial charge in [0.25, 0.3) is 12.3 Å². The SMILES string of the molecule is Cc1c#cccc1.Cc1cccc(Br)c1Cl.Cc1cccc2c1C1C=CC2C1.Cc1cccc2c1C1C=CC2C1O.Cc1cccc2c1C1CC2C2OC12.Cn1cc(C(=O)Nc2cccc3c2C2CCC3C2=C(Cl)Cl)c(C(F)F)n1. The number of aryl methyl sites for hydroxylation is 6.